The van der Waals surface area contributed by atoms with Crippen LogP contribution in [0, 0.1) is 5.92 Å². The van der Waals surface area contributed by atoms with Gasteiger partial charge in [0.05, 0.1) is 0 Å². The molecule has 2 N–H and O–H groups in total. The molecule has 3 heteroatoms. The van der Waals surface area contributed by atoms with Gasteiger partial charge in [0.15, 0.2) is 0 Å². The van der Waals surface area contributed by atoms with Crippen molar-refractivity contribution < 1.29 is 9.90 Å². The topological polar surface area (TPSA) is 49.3 Å². The Labute approximate surface area is 128 Å². The Balaban J connectivity index is 2.31. The molecule has 0 aliphatic rings. The van der Waals surface area contributed by atoms with Crippen LogP contribution in [0.15, 0.2) is 24.3 Å². The molecule has 0 saturated heterocycles. The largest absolute Gasteiger partial charge is 0.481 e. The summed E-state index contributed by atoms with van der Waals surface area (Å²) in [5.74, 6) is -0.167. The highest BCUT2D eigenvalue weighted by atomic mass is 16.4. The number of nitrogens with one attached hydrogen (secondary N) is 1. The van der Waals surface area contributed by atoms with Gasteiger partial charge in [0.1, 0.15) is 0 Å². The van der Waals surface area contributed by atoms with Crippen LogP contribution in [0.1, 0.15) is 51.7 Å². The summed E-state index contributed by atoms with van der Waals surface area (Å²) in [4.78, 5) is 10.4. The number of aliphatic carboxylic acids is 1. The predicted octanol–water partition coefficient (Wildman–Crippen LogP) is 3.62. The van der Waals surface area contributed by atoms with Crippen LogP contribution in [0.3, 0.4) is 0 Å². The second-order valence-electron chi connectivity index (χ2n) is 6.96. The van der Waals surface area contributed by atoms with Crippen molar-refractivity contribution in [1.82, 2.24) is 5.32 Å². The quantitative estimate of drug-likeness (QED) is 0.719. The third kappa shape index (κ3) is 7.28. The highest BCUT2D eigenvalue weighted by molar-refractivity contribution is 5.66. The minimum absolute atomic E-state index is 0.204. The van der Waals surface area contributed by atoms with Crippen molar-refractivity contribution >= 4 is 5.97 Å². The van der Waals surface area contributed by atoms with Crippen molar-refractivity contribution in [1.29, 1.82) is 0 Å². The van der Waals surface area contributed by atoms with Crippen LogP contribution in [0.2, 0.25) is 0 Å². The van der Waals surface area contributed by atoms with Gasteiger partial charge in [-0.2, -0.15) is 0 Å². The summed E-state index contributed by atoms with van der Waals surface area (Å²) in [5, 5.41) is 11.9. The number of carboxylic acids is 1. The SMILES string of the molecule is CC(CNCCCC(=O)O)Cc1ccc(C(C)(C)C)cc1. The van der Waals surface area contributed by atoms with E-state index in [4.69, 9.17) is 5.11 Å². The molecule has 0 aliphatic heterocycles. The fourth-order valence-electron chi connectivity index (χ4n) is 2.33. The third-order valence-electron chi connectivity index (χ3n) is 3.64. The van der Waals surface area contributed by atoms with Gasteiger partial charge in [0.25, 0.3) is 0 Å². The monoisotopic (exact) mass is 291 g/mol. The minimum Gasteiger partial charge on any atom is -0.481 e. The lowest BCUT2D eigenvalue weighted by Crippen LogP contribution is -2.24. The minimum atomic E-state index is -0.719. The van der Waals surface area contributed by atoms with Crippen LogP contribution in [-0.4, -0.2) is 24.2 Å². The van der Waals surface area contributed by atoms with E-state index in [0.29, 0.717) is 12.3 Å². The highest BCUT2D eigenvalue weighted by Gasteiger charge is 2.13. The molecule has 0 amide bonds. The van der Waals surface area contributed by atoms with Crippen molar-refractivity contribution in [2.45, 2.75) is 52.4 Å². The molecule has 3 nitrogen and oxygen atoms in total. The van der Waals surface area contributed by atoms with Crippen LogP contribution in [0.25, 0.3) is 0 Å². The van der Waals surface area contributed by atoms with E-state index in [0.717, 1.165) is 19.5 Å². The maximum atomic E-state index is 10.4. The Bertz CT molecular complexity index is 432. The molecule has 0 bridgehead atoms. The van der Waals surface area contributed by atoms with Crippen LogP contribution < -0.4 is 5.32 Å². The summed E-state index contributed by atoms with van der Waals surface area (Å²) in [6.45, 7) is 10.6. The average molecular weight is 291 g/mol. The van der Waals surface area contributed by atoms with Gasteiger partial charge in [-0.1, -0.05) is 52.0 Å². The van der Waals surface area contributed by atoms with E-state index < -0.39 is 5.97 Å². The Morgan fingerprint density at radius 2 is 1.86 bits per heavy atom. The number of hydrogen-bond donors (Lipinski definition) is 2. The van der Waals surface area contributed by atoms with Gasteiger partial charge in [-0.15, -0.1) is 0 Å². The number of benzene rings is 1. The van der Waals surface area contributed by atoms with Gasteiger partial charge < -0.3 is 10.4 Å². The number of rotatable bonds is 8. The van der Waals surface area contributed by atoms with Crippen LogP contribution in [-0.2, 0) is 16.6 Å². The maximum Gasteiger partial charge on any atom is 0.303 e. The van der Waals surface area contributed by atoms with Crippen LogP contribution in [0.5, 0.6) is 0 Å². The van der Waals surface area contributed by atoms with Crippen molar-refractivity contribution in [3.05, 3.63) is 35.4 Å². The summed E-state index contributed by atoms with van der Waals surface area (Å²) < 4.78 is 0. The first kappa shape index (κ1) is 17.7. The van der Waals surface area contributed by atoms with Gasteiger partial charge in [0, 0.05) is 6.42 Å². The maximum absolute atomic E-state index is 10.4. The molecule has 0 aliphatic carbocycles. The normalized spacial score (nSPS) is 13.1. The molecule has 1 aromatic carbocycles. The lowest BCUT2D eigenvalue weighted by molar-refractivity contribution is -0.137. The summed E-state index contributed by atoms with van der Waals surface area (Å²) >= 11 is 0. The fourth-order valence-corrected chi connectivity index (χ4v) is 2.33. The second kappa shape index (κ2) is 8.18. The molecule has 0 heterocycles. The molecule has 0 spiro atoms. The van der Waals surface area contributed by atoms with E-state index in [1.807, 2.05) is 0 Å². The average Bonchev–Trinajstić information content (AvgIpc) is 2.37. The first-order chi connectivity index (χ1) is 9.79. The smallest absolute Gasteiger partial charge is 0.303 e. The van der Waals surface area contributed by atoms with Gasteiger partial charge in [-0.3, -0.25) is 4.79 Å². The van der Waals surface area contributed by atoms with Crippen LogP contribution in [0.4, 0.5) is 0 Å². The zero-order valence-corrected chi connectivity index (χ0v) is 13.8. The lowest BCUT2D eigenvalue weighted by atomic mass is 9.86. The molecule has 1 atom stereocenters. The standard InChI is InChI=1S/C18H29NO2/c1-14(13-19-11-5-6-17(20)21)12-15-7-9-16(10-8-15)18(2,3)4/h7-10,14,19H,5-6,11-13H2,1-4H3,(H,20,21). The number of carbonyl (C=O) groups is 1. The van der Waals surface area contributed by atoms with E-state index in [1.54, 1.807) is 0 Å². The Morgan fingerprint density at radius 3 is 2.38 bits per heavy atom. The van der Waals surface area contributed by atoms with Gasteiger partial charge >= 0.3 is 5.97 Å². The summed E-state index contributed by atoms with van der Waals surface area (Å²) in [6, 6.07) is 8.90. The molecule has 0 aromatic heterocycles. The van der Waals surface area contributed by atoms with E-state index in [1.165, 1.54) is 11.1 Å². The zero-order chi connectivity index (χ0) is 15.9. The van der Waals surface area contributed by atoms with Crippen molar-refractivity contribution in [3.63, 3.8) is 0 Å². The van der Waals surface area contributed by atoms with Crippen LogP contribution >= 0.6 is 0 Å². The molecular weight excluding hydrogens is 262 g/mol. The third-order valence-corrected chi connectivity index (χ3v) is 3.64. The highest BCUT2D eigenvalue weighted by Crippen LogP contribution is 2.22. The Morgan fingerprint density at radius 1 is 1.24 bits per heavy atom. The second-order valence-corrected chi connectivity index (χ2v) is 6.96. The lowest BCUT2D eigenvalue weighted by Gasteiger charge is -2.19. The molecule has 0 saturated carbocycles. The van der Waals surface area contributed by atoms with Gasteiger partial charge in [0.2, 0.25) is 0 Å². The molecule has 0 radical (unpaired) electrons. The molecule has 0 fully saturated rings. The first-order valence-corrected chi connectivity index (χ1v) is 7.81. The van der Waals surface area contributed by atoms with Crippen molar-refractivity contribution in [3.8, 4) is 0 Å². The van der Waals surface area contributed by atoms with Crippen molar-refractivity contribution in [2.75, 3.05) is 13.1 Å². The predicted molar refractivity (Wildman–Crippen MR) is 87.7 cm³/mol. The number of carboxylic acid groups (broad SMARTS) is 1. The van der Waals surface area contributed by atoms with Crippen molar-refractivity contribution in [2.24, 2.45) is 5.92 Å². The van der Waals surface area contributed by atoms with Gasteiger partial charge in [-0.25, -0.2) is 0 Å². The van der Waals surface area contributed by atoms with E-state index in [2.05, 4.69) is 57.3 Å². The fraction of sp³-hybridized carbons (Fsp3) is 0.611. The van der Waals surface area contributed by atoms with E-state index in [9.17, 15) is 4.79 Å². The molecule has 1 aromatic rings. The summed E-state index contributed by atoms with van der Waals surface area (Å²) in [7, 11) is 0. The van der Waals surface area contributed by atoms with Gasteiger partial charge in [-0.05, 0) is 48.4 Å². The first-order valence-electron chi connectivity index (χ1n) is 7.81. The van der Waals surface area contributed by atoms with E-state index in [-0.39, 0.29) is 11.8 Å². The van der Waals surface area contributed by atoms with E-state index >= 15 is 0 Å². The molecule has 1 rings (SSSR count). The molecule has 1 unspecified atom stereocenters. The summed E-state index contributed by atoms with van der Waals surface area (Å²) in [6.07, 6.45) is 1.99. The molecular formula is C18H29NO2. The summed E-state index contributed by atoms with van der Waals surface area (Å²) in [5.41, 5.74) is 2.93. The number of hydrogen-bond acceptors (Lipinski definition) is 2. The zero-order valence-electron chi connectivity index (χ0n) is 13.8. The Kier molecular flexibility index (Phi) is 6.90. The molecule has 21 heavy (non-hydrogen) atoms. The Hall–Kier alpha value is -1.35. The molecule has 118 valence electrons.